The molecule has 1 aliphatic heterocycles. The van der Waals surface area contributed by atoms with Crippen LogP contribution >= 0.6 is 23.5 Å². The molecule has 6 rings (SSSR count). The molecule has 278 valence electrons. The Morgan fingerprint density at radius 2 is 1.00 bits per heavy atom. The molecule has 5 aromatic rings. The second-order valence-electron chi connectivity index (χ2n) is 16.0. The van der Waals surface area contributed by atoms with Crippen molar-refractivity contribution in [2.75, 3.05) is 24.7 Å². The van der Waals surface area contributed by atoms with E-state index in [9.17, 15) is 5.11 Å². The van der Waals surface area contributed by atoms with Crippen molar-refractivity contribution in [1.29, 1.82) is 0 Å². The van der Waals surface area contributed by atoms with Crippen LogP contribution in [0, 0.1) is 11.3 Å². The van der Waals surface area contributed by atoms with E-state index >= 15 is 0 Å². The quantitative estimate of drug-likeness (QED) is 0.0902. The Labute approximate surface area is 328 Å². The van der Waals surface area contributed by atoms with E-state index in [0.29, 0.717) is 6.61 Å². The van der Waals surface area contributed by atoms with Gasteiger partial charge in [-0.3, -0.25) is 0 Å². The van der Waals surface area contributed by atoms with E-state index in [1.54, 1.807) is 0 Å². The van der Waals surface area contributed by atoms with Gasteiger partial charge in [0.15, 0.2) is 0 Å². The van der Waals surface area contributed by atoms with Crippen LogP contribution in [0.15, 0.2) is 152 Å². The summed E-state index contributed by atoms with van der Waals surface area (Å²) in [6, 6.07) is 53.2. The highest BCUT2D eigenvalue weighted by Crippen LogP contribution is 2.59. The van der Waals surface area contributed by atoms with E-state index in [2.05, 4.69) is 175 Å². The number of aliphatic hydroxyl groups excluding tert-OH is 1. The number of aliphatic hydroxyl groups is 1. The molecule has 53 heavy (non-hydrogen) atoms. The van der Waals surface area contributed by atoms with E-state index < -0.39 is 20.0 Å². The van der Waals surface area contributed by atoms with Crippen molar-refractivity contribution in [3.63, 3.8) is 0 Å². The fourth-order valence-corrected chi connectivity index (χ4v) is 17.0. The minimum absolute atomic E-state index is 0.101. The van der Waals surface area contributed by atoms with Gasteiger partial charge in [-0.05, 0) is 50.0 Å². The predicted molar refractivity (Wildman–Crippen MR) is 230 cm³/mol. The van der Waals surface area contributed by atoms with Crippen molar-refractivity contribution in [2.45, 2.75) is 68.8 Å². The summed E-state index contributed by atoms with van der Waals surface area (Å²) < 4.78 is 14.5. The second kappa shape index (κ2) is 16.7. The number of hydrogen-bond acceptors (Lipinski definition) is 5. The van der Waals surface area contributed by atoms with E-state index in [1.807, 2.05) is 41.7 Å². The zero-order chi connectivity index (χ0) is 37.6. The lowest BCUT2D eigenvalue weighted by Gasteiger charge is -2.54. The lowest BCUT2D eigenvalue weighted by molar-refractivity contribution is -0.0605. The predicted octanol–water partition coefficient (Wildman–Crippen LogP) is 10.2. The molecule has 3 nitrogen and oxygen atoms in total. The van der Waals surface area contributed by atoms with Crippen LogP contribution in [-0.4, -0.2) is 48.3 Å². The minimum Gasteiger partial charge on any atom is -0.407 e. The van der Waals surface area contributed by atoms with Gasteiger partial charge in [0.05, 0.1) is 16.8 Å². The highest BCUT2D eigenvalue weighted by molar-refractivity contribution is 8.18. The molecule has 1 N–H and O–H groups in total. The topological polar surface area (TPSA) is 38.7 Å². The standard InChI is InChI=1S/C47H56O3S2Si/c1-37(43(48)35-49-46(38-23-12-7-13-24-38,39-25-14-8-15-26-39)40-27-16-9-17-28-40)47(51-33-22-34-52-47)45(5,6)36-50-53(44(2,3)4,41-29-18-10-19-30-41)42-31-20-11-21-32-42/h7-21,23-32,37,43,48H,22,33-36H2,1-6H3/t37-,43+/m1/s1. The summed E-state index contributed by atoms with van der Waals surface area (Å²) in [6.45, 7) is 14.7. The highest BCUT2D eigenvalue weighted by atomic mass is 32.2. The Balaban J connectivity index is 1.35. The zero-order valence-corrected chi connectivity index (χ0v) is 34.8. The lowest BCUT2D eigenvalue weighted by Crippen LogP contribution is -2.68. The van der Waals surface area contributed by atoms with Crippen LogP contribution < -0.4 is 10.4 Å². The average Bonchev–Trinajstić information content (AvgIpc) is 3.20. The van der Waals surface area contributed by atoms with Crippen LogP contribution in [0.5, 0.6) is 0 Å². The molecule has 0 saturated carbocycles. The molecule has 0 aliphatic carbocycles. The molecule has 2 atom stereocenters. The molecule has 0 spiro atoms. The smallest absolute Gasteiger partial charge is 0.261 e. The maximum absolute atomic E-state index is 12.4. The van der Waals surface area contributed by atoms with Gasteiger partial charge in [-0.15, -0.1) is 23.5 Å². The van der Waals surface area contributed by atoms with Gasteiger partial charge in [0.2, 0.25) is 0 Å². The maximum Gasteiger partial charge on any atom is 0.261 e. The molecule has 0 bridgehead atoms. The van der Waals surface area contributed by atoms with E-state index in [-0.39, 0.29) is 27.1 Å². The summed E-state index contributed by atoms with van der Waals surface area (Å²) in [5.74, 6) is 2.00. The van der Waals surface area contributed by atoms with Crippen LogP contribution in [0.1, 0.15) is 64.7 Å². The van der Waals surface area contributed by atoms with E-state index in [1.165, 1.54) is 10.4 Å². The summed E-state index contributed by atoms with van der Waals surface area (Å²) in [5.41, 5.74) is 1.91. The number of ether oxygens (including phenoxy) is 1. The zero-order valence-electron chi connectivity index (χ0n) is 32.2. The van der Waals surface area contributed by atoms with Crippen molar-refractivity contribution >= 4 is 42.2 Å². The van der Waals surface area contributed by atoms with Crippen LogP contribution in [0.25, 0.3) is 0 Å². The molecule has 0 aromatic heterocycles. The Bertz CT molecular complexity index is 1710. The number of thioether (sulfide) groups is 2. The van der Waals surface area contributed by atoms with Crippen LogP contribution in [-0.2, 0) is 14.8 Å². The summed E-state index contributed by atoms with van der Waals surface area (Å²) in [5, 5.41) is 14.9. The third kappa shape index (κ3) is 7.74. The summed E-state index contributed by atoms with van der Waals surface area (Å²) in [7, 11) is -2.78. The van der Waals surface area contributed by atoms with Crippen molar-refractivity contribution < 1.29 is 14.3 Å². The van der Waals surface area contributed by atoms with Crippen molar-refractivity contribution in [3.8, 4) is 0 Å². The van der Waals surface area contributed by atoms with Gasteiger partial charge >= 0.3 is 0 Å². The molecule has 1 saturated heterocycles. The van der Waals surface area contributed by atoms with Gasteiger partial charge in [0, 0.05) is 17.9 Å². The van der Waals surface area contributed by atoms with Gasteiger partial charge < -0.3 is 14.3 Å². The van der Waals surface area contributed by atoms with Crippen LogP contribution in [0.2, 0.25) is 5.04 Å². The fraction of sp³-hybridized carbons (Fsp3) is 0.362. The monoisotopic (exact) mass is 760 g/mol. The number of benzene rings is 5. The Morgan fingerprint density at radius 1 is 0.623 bits per heavy atom. The van der Waals surface area contributed by atoms with Crippen molar-refractivity contribution in [1.82, 2.24) is 0 Å². The van der Waals surface area contributed by atoms with Gasteiger partial charge in [0.25, 0.3) is 8.32 Å². The molecule has 1 fully saturated rings. The molecular weight excluding hydrogens is 705 g/mol. The van der Waals surface area contributed by atoms with Crippen molar-refractivity contribution in [3.05, 3.63) is 168 Å². The molecule has 0 radical (unpaired) electrons. The first-order valence-electron chi connectivity index (χ1n) is 19.0. The molecule has 0 amide bonds. The molecule has 5 aromatic carbocycles. The summed E-state index contributed by atoms with van der Waals surface area (Å²) >= 11 is 4.02. The highest BCUT2D eigenvalue weighted by Gasteiger charge is 2.56. The minimum atomic E-state index is -2.78. The van der Waals surface area contributed by atoms with Gasteiger partial charge in [-0.2, -0.15) is 0 Å². The average molecular weight is 761 g/mol. The molecular formula is C47H56O3S2Si. The van der Waals surface area contributed by atoms with Gasteiger partial charge in [-0.1, -0.05) is 193 Å². The van der Waals surface area contributed by atoms with Gasteiger partial charge in [0.1, 0.15) is 5.60 Å². The molecule has 1 aliphatic rings. The molecule has 6 heteroatoms. The fourth-order valence-electron chi connectivity index (χ4n) is 8.35. The Hall–Kier alpha value is -3.10. The largest absolute Gasteiger partial charge is 0.407 e. The lowest BCUT2D eigenvalue weighted by atomic mass is 9.79. The third-order valence-electron chi connectivity index (χ3n) is 11.1. The molecule has 1 heterocycles. The first-order chi connectivity index (χ1) is 25.5. The second-order valence-corrected chi connectivity index (χ2v) is 23.2. The summed E-state index contributed by atoms with van der Waals surface area (Å²) in [4.78, 5) is 0. The van der Waals surface area contributed by atoms with Gasteiger partial charge in [-0.25, -0.2) is 0 Å². The maximum atomic E-state index is 12.4. The summed E-state index contributed by atoms with van der Waals surface area (Å²) in [6.07, 6.45) is 0.428. The van der Waals surface area contributed by atoms with Crippen LogP contribution in [0.3, 0.4) is 0 Å². The third-order valence-corrected chi connectivity index (χ3v) is 20.5. The van der Waals surface area contributed by atoms with E-state index in [4.69, 9.17) is 9.16 Å². The first-order valence-corrected chi connectivity index (χ1v) is 22.9. The first kappa shape index (κ1) is 39.6. The Morgan fingerprint density at radius 3 is 1.38 bits per heavy atom. The molecule has 0 unspecified atom stereocenters. The van der Waals surface area contributed by atoms with Crippen molar-refractivity contribution in [2.24, 2.45) is 11.3 Å². The Kier molecular flexibility index (Phi) is 12.5. The number of rotatable bonds is 14. The SMILES string of the molecule is C[C@H]([C@@H](O)COC(c1ccccc1)(c1ccccc1)c1ccccc1)C1(C(C)(C)CO[Si](c2ccccc2)(c2ccccc2)C(C)(C)C)SCCCS1. The van der Waals surface area contributed by atoms with E-state index in [0.717, 1.165) is 34.6 Å². The number of hydrogen-bond donors (Lipinski definition) is 1. The normalized spacial score (nSPS) is 16.5. The van der Waals surface area contributed by atoms with Crippen LogP contribution in [0.4, 0.5) is 0 Å².